The standard InChI is InChI=1S/C15H20BrN3O/c1-10(12-5-7-13(20-4)8-6-12)17-9-14-15(16)11(2)18-19(14)3/h5-8,10,17H,9H2,1-4H3/t10-/m1/s1. The van der Waals surface area contributed by atoms with Gasteiger partial charge in [-0.1, -0.05) is 12.1 Å². The number of benzene rings is 1. The highest BCUT2D eigenvalue weighted by atomic mass is 79.9. The van der Waals surface area contributed by atoms with Gasteiger partial charge in [0.2, 0.25) is 0 Å². The first-order valence-corrected chi connectivity index (χ1v) is 7.37. The minimum Gasteiger partial charge on any atom is -0.497 e. The lowest BCUT2D eigenvalue weighted by Crippen LogP contribution is -2.20. The molecule has 0 unspecified atom stereocenters. The summed E-state index contributed by atoms with van der Waals surface area (Å²) >= 11 is 3.59. The van der Waals surface area contributed by atoms with E-state index >= 15 is 0 Å². The SMILES string of the molecule is COc1ccc([C@@H](C)NCc2c(Br)c(C)nn2C)cc1. The van der Waals surface area contributed by atoms with Crippen LogP contribution in [0.25, 0.3) is 0 Å². The zero-order valence-electron chi connectivity index (χ0n) is 12.3. The fourth-order valence-corrected chi connectivity index (χ4v) is 2.61. The third kappa shape index (κ3) is 3.22. The molecule has 0 saturated heterocycles. The monoisotopic (exact) mass is 337 g/mol. The number of ether oxygens (including phenoxy) is 1. The van der Waals surface area contributed by atoms with E-state index in [0.29, 0.717) is 0 Å². The van der Waals surface area contributed by atoms with E-state index in [2.05, 4.69) is 45.4 Å². The highest BCUT2D eigenvalue weighted by molar-refractivity contribution is 9.10. The smallest absolute Gasteiger partial charge is 0.118 e. The first kappa shape index (κ1) is 15.1. The Hall–Kier alpha value is -1.33. The largest absolute Gasteiger partial charge is 0.497 e. The van der Waals surface area contributed by atoms with Crippen LogP contribution < -0.4 is 10.1 Å². The molecule has 1 atom stereocenters. The topological polar surface area (TPSA) is 39.1 Å². The molecular weight excluding hydrogens is 318 g/mol. The van der Waals surface area contributed by atoms with Gasteiger partial charge in [-0.25, -0.2) is 0 Å². The van der Waals surface area contributed by atoms with E-state index in [4.69, 9.17) is 4.74 Å². The summed E-state index contributed by atoms with van der Waals surface area (Å²) in [5.74, 6) is 0.881. The molecule has 0 radical (unpaired) electrons. The number of methoxy groups -OCH3 is 1. The molecule has 2 aromatic rings. The molecule has 4 nitrogen and oxygen atoms in total. The molecule has 1 aromatic heterocycles. The van der Waals surface area contributed by atoms with Crippen LogP contribution in [0.15, 0.2) is 28.7 Å². The van der Waals surface area contributed by atoms with Gasteiger partial charge in [-0.2, -0.15) is 5.10 Å². The zero-order chi connectivity index (χ0) is 14.7. The molecule has 1 aromatic carbocycles. The summed E-state index contributed by atoms with van der Waals surface area (Å²) < 4.78 is 8.16. The van der Waals surface area contributed by atoms with Crippen molar-refractivity contribution in [2.45, 2.75) is 26.4 Å². The van der Waals surface area contributed by atoms with Gasteiger partial charge in [0.05, 0.1) is 23.0 Å². The lowest BCUT2D eigenvalue weighted by molar-refractivity contribution is 0.414. The van der Waals surface area contributed by atoms with E-state index in [-0.39, 0.29) is 6.04 Å². The Balaban J connectivity index is 2.02. The summed E-state index contributed by atoms with van der Waals surface area (Å²) in [4.78, 5) is 0. The second kappa shape index (κ2) is 6.41. The van der Waals surface area contributed by atoms with E-state index in [0.717, 1.165) is 28.2 Å². The Kier molecular flexibility index (Phi) is 4.83. The number of nitrogens with one attached hydrogen (secondary N) is 1. The molecule has 5 heteroatoms. The summed E-state index contributed by atoms with van der Waals surface area (Å²) in [5.41, 5.74) is 3.41. The highest BCUT2D eigenvalue weighted by Crippen LogP contribution is 2.22. The number of hydrogen-bond acceptors (Lipinski definition) is 3. The molecule has 0 fully saturated rings. The number of aromatic nitrogens is 2. The molecule has 1 heterocycles. The van der Waals surface area contributed by atoms with Crippen LogP contribution in [0.4, 0.5) is 0 Å². The van der Waals surface area contributed by atoms with E-state index in [1.54, 1.807) is 7.11 Å². The number of halogens is 1. The van der Waals surface area contributed by atoms with Crippen LogP contribution in [0.5, 0.6) is 5.75 Å². The van der Waals surface area contributed by atoms with Crippen molar-refractivity contribution in [1.82, 2.24) is 15.1 Å². The maximum absolute atomic E-state index is 5.17. The average molecular weight is 338 g/mol. The van der Waals surface area contributed by atoms with Crippen LogP contribution in [-0.4, -0.2) is 16.9 Å². The fourth-order valence-electron chi connectivity index (χ4n) is 2.13. The van der Waals surface area contributed by atoms with Crippen LogP contribution in [0.3, 0.4) is 0 Å². The molecule has 0 saturated carbocycles. The van der Waals surface area contributed by atoms with Crippen molar-refractivity contribution in [3.05, 3.63) is 45.7 Å². The van der Waals surface area contributed by atoms with E-state index in [9.17, 15) is 0 Å². The van der Waals surface area contributed by atoms with Gasteiger partial charge in [0.1, 0.15) is 5.75 Å². The summed E-state index contributed by atoms with van der Waals surface area (Å²) in [7, 11) is 3.64. The van der Waals surface area contributed by atoms with Crippen LogP contribution in [0.1, 0.15) is 29.9 Å². The average Bonchev–Trinajstić information content (AvgIpc) is 2.70. The number of rotatable bonds is 5. The Bertz CT molecular complexity index is 578. The molecule has 0 aliphatic heterocycles. The molecule has 2 rings (SSSR count). The number of aryl methyl sites for hydroxylation is 2. The maximum Gasteiger partial charge on any atom is 0.118 e. The Labute approximate surface area is 128 Å². The van der Waals surface area contributed by atoms with Crippen LogP contribution >= 0.6 is 15.9 Å². The van der Waals surface area contributed by atoms with Crippen molar-refractivity contribution in [3.8, 4) is 5.75 Å². The van der Waals surface area contributed by atoms with Gasteiger partial charge < -0.3 is 10.1 Å². The predicted molar refractivity (Wildman–Crippen MR) is 83.9 cm³/mol. The van der Waals surface area contributed by atoms with E-state index < -0.39 is 0 Å². The molecule has 108 valence electrons. The molecule has 1 N–H and O–H groups in total. The Morgan fingerprint density at radius 2 is 2.00 bits per heavy atom. The molecule has 20 heavy (non-hydrogen) atoms. The molecule has 0 aliphatic rings. The number of hydrogen-bond donors (Lipinski definition) is 1. The van der Waals surface area contributed by atoms with Gasteiger partial charge in [0.15, 0.2) is 0 Å². The fraction of sp³-hybridized carbons (Fsp3) is 0.400. The van der Waals surface area contributed by atoms with E-state index in [1.807, 2.05) is 30.8 Å². The van der Waals surface area contributed by atoms with Gasteiger partial charge in [-0.05, 0) is 47.5 Å². The minimum absolute atomic E-state index is 0.267. The third-order valence-corrected chi connectivity index (χ3v) is 4.48. The second-order valence-corrected chi connectivity index (χ2v) is 5.64. The Morgan fingerprint density at radius 1 is 1.35 bits per heavy atom. The Morgan fingerprint density at radius 3 is 2.50 bits per heavy atom. The molecule has 0 aliphatic carbocycles. The quantitative estimate of drug-likeness (QED) is 0.909. The molecule has 0 spiro atoms. The van der Waals surface area contributed by atoms with Crippen LogP contribution in [0.2, 0.25) is 0 Å². The van der Waals surface area contributed by atoms with Gasteiger partial charge in [0, 0.05) is 19.6 Å². The lowest BCUT2D eigenvalue weighted by atomic mass is 10.1. The van der Waals surface area contributed by atoms with Crippen LogP contribution in [-0.2, 0) is 13.6 Å². The van der Waals surface area contributed by atoms with Gasteiger partial charge in [-0.3, -0.25) is 4.68 Å². The summed E-state index contributed by atoms with van der Waals surface area (Å²) in [6.45, 7) is 4.92. The molecule has 0 amide bonds. The minimum atomic E-state index is 0.267. The first-order chi connectivity index (χ1) is 9.52. The number of nitrogens with zero attached hydrogens (tertiary/aromatic N) is 2. The highest BCUT2D eigenvalue weighted by Gasteiger charge is 2.12. The van der Waals surface area contributed by atoms with Crippen LogP contribution in [0, 0.1) is 6.92 Å². The summed E-state index contributed by atoms with van der Waals surface area (Å²) in [6, 6.07) is 8.40. The second-order valence-electron chi connectivity index (χ2n) is 4.85. The van der Waals surface area contributed by atoms with Gasteiger partial charge >= 0.3 is 0 Å². The zero-order valence-corrected chi connectivity index (χ0v) is 13.9. The molecular formula is C15H20BrN3O. The van der Waals surface area contributed by atoms with Crippen molar-refractivity contribution in [3.63, 3.8) is 0 Å². The predicted octanol–water partition coefficient (Wildman–Crippen LogP) is 3.35. The van der Waals surface area contributed by atoms with Crippen molar-refractivity contribution < 1.29 is 4.74 Å². The van der Waals surface area contributed by atoms with E-state index in [1.165, 1.54) is 5.56 Å². The summed E-state index contributed by atoms with van der Waals surface area (Å²) in [5, 5.41) is 7.91. The first-order valence-electron chi connectivity index (χ1n) is 6.58. The van der Waals surface area contributed by atoms with Gasteiger partial charge in [0.25, 0.3) is 0 Å². The van der Waals surface area contributed by atoms with Crippen molar-refractivity contribution in [2.24, 2.45) is 7.05 Å². The lowest BCUT2D eigenvalue weighted by Gasteiger charge is -2.15. The summed E-state index contributed by atoms with van der Waals surface area (Å²) in [6.07, 6.45) is 0. The van der Waals surface area contributed by atoms with Crippen molar-refractivity contribution in [2.75, 3.05) is 7.11 Å². The van der Waals surface area contributed by atoms with Gasteiger partial charge in [-0.15, -0.1) is 0 Å². The van der Waals surface area contributed by atoms with Crippen molar-refractivity contribution >= 4 is 15.9 Å². The maximum atomic E-state index is 5.17. The molecule has 0 bridgehead atoms. The normalized spacial score (nSPS) is 12.4. The van der Waals surface area contributed by atoms with Crippen molar-refractivity contribution in [1.29, 1.82) is 0 Å². The third-order valence-electron chi connectivity index (χ3n) is 3.45.